The van der Waals surface area contributed by atoms with Gasteiger partial charge in [0.05, 0.1) is 0 Å². The summed E-state index contributed by atoms with van der Waals surface area (Å²) in [5.74, 6) is -1.47. The minimum absolute atomic E-state index is 0.875. The fraction of sp³-hybridized carbons (Fsp3) is 0.750. The SMILES string of the molecule is COP(=O)(F)C(C)C(=O)O. The number of carboxylic acid groups (broad SMARTS) is 1. The van der Waals surface area contributed by atoms with E-state index in [4.69, 9.17) is 5.11 Å². The zero-order chi connectivity index (χ0) is 8.36. The molecule has 0 radical (unpaired) electrons. The Kier molecular flexibility index (Phi) is 2.99. The molecule has 0 aliphatic rings. The summed E-state index contributed by atoms with van der Waals surface area (Å²) in [5.41, 5.74) is -1.59. The average Bonchev–Trinajstić information content (AvgIpc) is 1.86. The van der Waals surface area contributed by atoms with Crippen LogP contribution in [0.25, 0.3) is 0 Å². The first-order valence-electron chi connectivity index (χ1n) is 2.49. The van der Waals surface area contributed by atoms with Gasteiger partial charge in [0.25, 0.3) is 0 Å². The van der Waals surface area contributed by atoms with Gasteiger partial charge in [0.2, 0.25) is 0 Å². The fourth-order valence-electron chi connectivity index (χ4n) is 0.290. The minimum Gasteiger partial charge on any atom is -0.481 e. The molecule has 0 rings (SSSR count). The van der Waals surface area contributed by atoms with Crippen LogP contribution >= 0.6 is 7.68 Å². The maximum atomic E-state index is 12.4. The molecule has 0 amide bonds. The van der Waals surface area contributed by atoms with Crippen LogP contribution in [0, 0.1) is 0 Å². The van der Waals surface area contributed by atoms with Gasteiger partial charge < -0.3 is 9.63 Å². The summed E-state index contributed by atoms with van der Waals surface area (Å²) in [6.07, 6.45) is 0. The molecule has 2 atom stereocenters. The van der Waals surface area contributed by atoms with Crippen LogP contribution in [-0.4, -0.2) is 23.8 Å². The lowest BCUT2D eigenvalue weighted by molar-refractivity contribution is -0.136. The lowest BCUT2D eigenvalue weighted by Crippen LogP contribution is -2.15. The predicted octanol–water partition coefficient (Wildman–Crippen LogP) is 1.27. The third-order valence-electron chi connectivity index (χ3n) is 1.07. The van der Waals surface area contributed by atoms with Gasteiger partial charge in [-0.2, -0.15) is 4.20 Å². The summed E-state index contributed by atoms with van der Waals surface area (Å²) in [4.78, 5) is 10.0. The van der Waals surface area contributed by atoms with Gasteiger partial charge in [-0.3, -0.25) is 9.36 Å². The number of carboxylic acids is 1. The first kappa shape index (κ1) is 9.59. The Balaban J connectivity index is 4.33. The second-order valence-electron chi connectivity index (χ2n) is 1.72. The maximum absolute atomic E-state index is 12.4. The molecule has 0 fully saturated rings. The molecule has 1 N–H and O–H groups in total. The number of hydrogen-bond acceptors (Lipinski definition) is 3. The highest BCUT2D eigenvalue weighted by Gasteiger charge is 2.35. The second-order valence-corrected chi connectivity index (χ2v) is 3.90. The normalized spacial score (nSPS) is 19.5. The molecule has 0 aromatic rings. The molecule has 0 saturated heterocycles. The first-order chi connectivity index (χ1) is 4.41. The van der Waals surface area contributed by atoms with Crippen molar-refractivity contribution in [2.45, 2.75) is 12.6 Å². The molecule has 2 unspecified atom stereocenters. The van der Waals surface area contributed by atoms with E-state index in [0.29, 0.717) is 0 Å². The molecule has 0 aromatic carbocycles. The molecule has 0 saturated carbocycles. The molecule has 0 aliphatic carbocycles. The first-order valence-corrected chi connectivity index (χ1v) is 4.08. The van der Waals surface area contributed by atoms with Crippen molar-refractivity contribution < 1.29 is 23.2 Å². The number of carbonyl (C=O) groups is 1. The van der Waals surface area contributed by atoms with E-state index < -0.39 is 19.3 Å². The van der Waals surface area contributed by atoms with Gasteiger partial charge in [0.15, 0.2) is 5.66 Å². The van der Waals surface area contributed by atoms with E-state index in [1.54, 1.807) is 0 Å². The Hall–Kier alpha value is -0.410. The Bertz CT molecular complexity index is 180. The molecular weight excluding hydrogens is 162 g/mol. The molecule has 0 aliphatic heterocycles. The lowest BCUT2D eigenvalue weighted by atomic mass is 10.5. The van der Waals surface area contributed by atoms with Gasteiger partial charge >= 0.3 is 13.6 Å². The van der Waals surface area contributed by atoms with E-state index in [-0.39, 0.29) is 0 Å². The maximum Gasteiger partial charge on any atom is 0.380 e. The monoisotopic (exact) mass is 170 g/mol. The van der Waals surface area contributed by atoms with Crippen molar-refractivity contribution in [3.8, 4) is 0 Å². The van der Waals surface area contributed by atoms with Gasteiger partial charge in [-0.05, 0) is 6.92 Å². The van der Waals surface area contributed by atoms with Gasteiger partial charge in [-0.25, -0.2) is 0 Å². The molecule has 0 bridgehead atoms. The number of aliphatic carboxylic acids is 1. The van der Waals surface area contributed by atoms with Crippen LogP contribution in [0.4, 0.5) is 4.20 Å². The van der Waals surface area contributed by atoms with Crippen LogP contribution in [0.15, 0.2) is 0 Å². The third kappa shape index (κ3) is 2.08. The molecule has 10 heavy (non-hydrogen) atoms. The van der Waals surface area contributed by atoms with E-state index in [1.165, 1.54) is 0 Å². The quantitative estimate of drug-likeness (QED) is 0.647. The summed E-state index contributed by atoms with van der Waals surface area (Å²) in [5, 5.41) is 8.16. The van der Waals surface area contributed by atoms with Gasteiger partial charge in [0, 0.05) is 7.11 Å². The lowest BCUT2D eigenvalue weighted by Gasteiger charge is -2.09. The molecular formula is C4H8FO4P. The highest BCUT2D eigenvalue weighted by atomic mass is 31.2. The van der Waals surface area contributed by atoms with E-state index in [9.17, 15) is 13.6 Å². The van der Waals surface area contributed by atoms with Crippen molar-refractivity contribution in [3.05, 3.63) is 0 Å². The smallest absolute Gasteiger partial charge is 0.380 e. The van der Waals surface area contributed by atoms with Crippen molar-refractivity contribution in [3.63, 3.8) is 0 Å². The van der Waals surface area contributed by atoms with Crippen molar-refractivity contribution >= 4 is 13.6 Å². The van der Waals surface area contributed by atoms with Crippen LogP contribution in [0.3, 0.4) is 0 Å². The molecule has 6 heteroatoms. The Morgan fingerprint density at radius 1 is 1.80 bits per heavy atom. The van der Waals surface area contributed by atoms with Crippen molar-refractivity contribution in [2.24, 2.45) is 0 Å². The number of hydrogen-bond donors (Lipinski definition) is 1. The summed E-state index contributed by atoms with van der Waals surface area (Å²) >= 11 is 0. The van der Waals surface area contributed by atoms with Crippen LogP contribution in [0.2, 0.25) is 0 Å². The molecule has 60 valence electrons. The Morgan fingerprint density at radius 2 is 2.20 bits per heavy atom. The Labute approximate surface area is 57.6 Å². The molecule has 0 aromatic heterocycles. The Morgan fingerprint density at radius 3 is 2.30 bits per heavy atom. The van der Waals surface area contributed by atoms with Gasteiger partial charge in [-0.1, -0.05) is 0 Å². The average molecular weight is 170 g/mol. The number of halogens is 1. The molecule has 0 spiro atoms. The van der Waals surface area contributed by atoms with E-state index in [2.05, 4.69) is 4.52 Å². The number of rotatable bonds is 3. The van der Waals surface area contributed by atoms with Crippen LogP contribution in [0.5, 0.6) is 0 Å². The largest absolute Gasteiger partial charge is 0.481 e. The van der Waals surface area contributed by atoms with Gasteiger partial charge in [-0.15, -0.1) is 0 Å². The van der Waals surface area contributed by atoms with Gasteiger partial charge in [0.1, 0.15) is 0 Å². The van der Waals surface area contributed by atoms with E-state index in [1.807, 2.05) is 0 Å². The highest BCUT2D eigenvalue weighted by molar-refractivity contribution is 7.55. The van der Waals surface area contributed by atoms with E-state index >= 15 is 0 Å². The van der Waals surface area contributed by atoms with Crippen LogP contribution in [-0.2, 0) is 13.9 Å². The topological polar surface area (TPSA) is 63.6 Å². The summed E-state index contributed by atoms with van der Waals surface area (Å²) in [6.45, 7) is 0.993. The summed E-state index contributed by atoms with van der Waals surface area (Å²) in [6, 6.07) is 0. The zero-order valence-corrected chi connectivity index (χ0v) is 6.47. The van der Waals surface area contributed by atoms with Crippen LogP contribution in [0.1, 0.15) is 6.92 Å². The van der Waals surface area contributed by atoms with Crippen molar-refractivity contribution in [2.75, 3.05) is 7.11 Å². The molecule has 4 nitrogen and oxygen atoms in total. The summed E-state index contributed by atoms with van der Waals surface area (Å²) in [7, 11) is -3.54. The highest BCUT2D eigenvalue weighted by Crippen LogP contribution is 2.52. The zero-order valence-electron chi connectivity index (χ0n) is 5.57. The van der Waals surface area contributed by atoms with Crippen molar-refractivity contribution in [1.82, 2.24) is 0 Å². The second kappa shape index (κ2) is 3.12. The van der Waals surface area contributed by atoms with Crippen LogP contribution < -0.4 is 0 Å². The van der Waals surface area contributed by atoms with E-state index in [0.717, 1.165) is 14.0 Å². The third-order valence-corrected chi connectivity index (χ3v) is 2.71. The minimum atomic E-state index is -4.42. The summed E-state index contributed by atoms with van der Waals surface area (Å²) < 4.78 is 26.7. The predicted molar refractivity (Wildman–Crippen MR) is 32.8 cm³/mol. The van der Waals surface area contributed by atoms with Crippen molar-refractivity contribution in [1.29, 1.82) is 0 Å². The standard InChI is InChI=1S/C4H8FO4P/c1-3(4(6)7)10(5,8)9-2/h3H,1-2H3,(H,6,7). The molecule has 0 heterocycles. The fourth-order valence-corrected chi connectivity index (χ4v) is 0.870.